The first-order valence-corrected chi connectivity index (χ1v) is 7.87. The van der Waals surface area contributed by atoms with Gasteiger partial charge in [0.05, 0.1) is 13.1 Å². The lowest BCUT2D eigenvalue weighted by Gasteiger charge is -2.25. The van der Waals surface area contributed by atoms with Crippen molar-refractivity contribution in [3.05, 3.63) is 23.4 Å². The maximum absolute atomic E-state index is 4.95. The molecule has 3 rings (SSSR count). The Kier molecular flexibility index (Phi) is 6.52. The fourth-order valence-electron chi connectivity index (χ4n) is 2.59. The number of aliphatic imine (C=N–C) groups is 1. The van der Waals surface area contributed by atoms with Crippen LogP contribution in [0.25, 0.3) is 0 Å². The molecular weight excluding hydrogens is 423 g/mol. The van der Waals surface area contributed by atoms with Crippen LogP contribution in [0.2, 0.25) is 0 Å². The molecule has 0 aromatic carbocycles. The third-order valence-corrected chi connectivity index (χ3v) is 3.77. The minimum absolute atomic E-state index is 0. The van der Waals surface area contributed by atoms with Crippen LogP contribution < -0.4 is 10.6 Å². The molecule has 3 heterocycles. The lowest BCUT2D eigenvalue weighted by Crippen LogP contribution is -2.46. The fraction of sp³-hybridized carbons (Fsp3) is 0.643. The minimum Gasteiger partial charge on any atom is -0.352 e. The van der Waals surface area contributed by atoms with Crippen molar-refractivity contribution in [1.82, 2.24) is 35.5 Å². The Morgan fingerprint density at radius 3 is 2.88 bits per heavy atom. The Balaban J connectivity index is 0.00000208. The molecule has 1 aliphatic rings. The van der Waals surface area contributed by atoms with Gasteiger partial charge in [-0.2, -0.15) is 10.1 Å². The highest BCUT2D eigenvalue weighted by Crippen LogP contribution is 2.13. The van der Waals surface area contributed by atoms with Gasteiger partial charge in [-0.15, -0.1) is 24.0 Å². The highest BCUT2D eigenvalue weighted by molar-refractivity contribution is 14.0. The van der Waals surface area contributed by atoms with E-state index in [1.54, 1.807) is 14.0 Å². The van der Waals surface area contributed by atoms with Crippen molar-refractivity contribution in [3.63, 3.8) is 0 Å². The highest BCUT2D eigenvalue weighted by atomic mass is 127. The lowest BCUT2D eigenvalue weighted by atomic mass is 10.1. The Morgan fingerprint density at radius 2 is 2.21 bits per heavy atom. The summed E-state index contributed by atoms with van der Waals surface area (Å²) in [6.45, 7) is 5.11. The molecule has 0 saturated carbocycles. The number of rotatable bonds is 4. The largest absolute Gasteiger partial charge is 0.352 e. The zero-order valence-electron chi connectivity index (χ0n) is 14.1. The summed E-state index contributed by atoms with van der Waals surface area (Å²) >= 11 is 0. The van der Waals surface area contributed by atoms with Crippen molar-refractivity contribution < 1.29 is 4.52 Å². The van der Waals surface area contributed by atoms with Crippen LogP contribution >= 0.6 is 24.0 Å². The van der Waals surface area contributed by atoms with Gasteiger partial charge in [0.15, 0.2) is 17.6 Å². The molecule has 0 radical (unpaired) electrons. The van der Waals surface area contributed by atoms with Crippen molar-refractivity contribution >= 4 is 29.9 Å². The third-order valence-electron chi connectivity index (χ3n) is 3.77. The molecule has 0 bridgehead atoms. The summed E-state index contributed by atoms with van der Waals surface area (Å²) in [5.74, 6) is 3.88. The van der Waals surface area contributed by atoms with Gasteiger partial charge in [-0.05, 0) is 6.42 Å². The third kappa shape index (κ3) is 4.42. The quantitative estimate of drug-likeness (QED) is 0.407. The van der Waals surface area contributed by atoms with Gasteiger partial charge < -0.3 is 15.2 Å². The van der Waals surface area contributed by atoms with E-state index in [4.69, 9.17) is 4.52 Å². The molecule has 24 heavy (non-hydrogen) atoms. The number of aryl methyl sites for hydroxylation is 3. The summed E-state index contributed by atoms with van der Waals surface area (Å²) in [7, 11) is 1.75. The average molecular weight is 446 g/mol. The molecule has 2 aromatic heterocycles. The molecule has 2 N–H and O–H groups in total. The summed E-state index contributed by atoms with van der Waals surface area (Å²) in [4.78, 5) is 12.9. The number of halogens is 1. The fourth-order valence-corrected chi connectivity index (χ4v) is 2.59. The summed E-state index contributed by atoms with van der Waals surface area (Å²) in [6.07, 6.45) is 2.79. The molecule has 0 amide bonds. The van der Waals surface area contributed by atoms with E-state index in [2.05, 4.69) is 42.8 Å². The second-order valence-electron chi connectivity index (χ2n) is 5.52. The van der Waals surface area contributed by atoms with Crippen LogP contribution in [0, 0.1) is 6.92 Å². The Bertz CT molecular complexity index is 695. The maximum atomic E-state index is 4.95. The van der Waals surface area contributed by atoms with Crippen molar-refractivity contribution in [3.8, 4) is 0 Å². The van der Waals surface area contributed by atoms with Crippen LogP contribution in [0.5, 0.6) is 0 Å². The van der Waals surface area contributed by atoms with Crippen LogP contribution in [-0.4, -0.2) is 44.0 Å². The Hall–Kier alpha value is -1.72. The summed E-state index contributed by atoms with van der Waals surface area (Å²) in [6, 6.07) is 0.270. The number of hydrogen-bond donors (Lipinski definition) is 2. The van der Waals surface area contributed by atoms with E-state index in [9.17, 15) is 0 Å². The molecule has 1 unspecified atom stereocenters. The zero-order chi connectivity index (χ0) is 16.2. The number of fused-ring (bicyclic) bond motifs is 1. The van der Waals surface area contributed by atoms with Gasteiger partial charge in [0.25, 0.3) is 0 Å². The first kappa shape index (κ1) is 18.6. The van der Waals surface area contributed by atoms with Gasteiger partial charge in [-0.3, -0.25) is 4.99 Å². The maximum Gasteiger partial charge on any atom is 0.223 e. The molecule has 10 heteroatoms. The second kappa shape index (κ2) is 8.40. The molecule has 1 aliphatic heterocycles. The first-order valence-electron chi connectivity index (χ1n) is 7.87. The smallest absolute Gasteiger partial charge is 0.223 e. The highest BCUT2D eigenvalue weighted by Gasteiger charge is 2.22. The van der Waals surface area contributed by atoms with Gasteiger partial charge in [-0.25, -0.2) is 9.67 Å². The van der Waals surface area contributed by atoms with Crippen LogP contribution in [0.15, 0.2) is 9.52 Å². The average Bonchev–Trinajstić information content (AvgIpc) is 3.16. The molecule has 0 aliphatic carbocycles. The van der Waals surface area contributed by atoms with Crippen LogP contribution in [0.3, 0.4) is 0 Å². The van der Waals surface area contributed by atoms with E-state index < -0.39 is 0 Å². The SMILES string of the molecule is CCc1nc2n(n1)CC(NC(=NC)NCc1noc(C)n1)CC2.I. The molecule has 0 spiro atoms. The van der Waals surface area contributed by atoms with E-state index in [1.807, 2.05) is 4.68 Å². The van der Waals surface area contributed by atoms with Gasteiger partial charge in [0.2, 0.25) is 5.89 Å². The van der Waals surface area contributed by atoms with Gasteiger partial charge in [-0.1, -0.05) is 12.1 Å². The van der Waals surface area contributed by atoms with E-state index in [0.29, 0.717) is 18.3 Å². The molecule has 0 saturated heterocycles. The summed E-state index contributed by atoms with van der Waals surface area (Å²) in [5, 5.41) is 15.0. The number of nitrogens with one attached hydrogen (secondary N) is 2. The van der Waals surface area contributed by atoms with E-state index >= 15 is 0 Å². The number of nitrogens with zero attached hydrogens (tertiary/aromatic N) is 6. The van der Waals surface area contributed by atoms with E-state index in [-0.39, 0.29) is 30.0 Å². The Morgan fingerprint density at radius 1 is 1.38 bits per heavy atom. The van der Waals surface area contributed by atoms with Gasteiger partial charge in [0, 0.05) is 32.9 Å². The number of aromatic nitrogens is 5. The molecular formula is C14H23IN8O. The van der Waals surface area contributed by atoms with E-state index in [0.717, 1.165) is 43.4 Å². The molecule has 2 aromatic rings. The Labute approximate surface area is 157 Å². The van der Waals surface area contributed by atoms with Crippen LogP contribution in [0.4, 0.5) is 0 Å². The first-order chi connectivity index (χ1) is 11.2. The topological polar surface area (TPSA) is 106 Å². The van der Waals surface area contributed by atoms with E-state index in [1.165, 1.54) is 0 Å². The zero-order valence-corrected chi connectivity index (χ0v) is 16.4. The molecule has 0 fully saturated rings. The van der Waals surface area contributed by atoms with Gasteiger partial charge >= 0.3 is 0 Å². The van der Waals surface area contributed by atoms with Crippen LogP contribution in [0.1, 0.15) is 36.7 Å². The molecule has 9 nitrogen and oxygen atoms in total. The predicted octanol–water partition coefficient (Wildman–Crippen LogP) is 0.830. The standard InChI is InChI=1S/C14H22N8O.HI/c1-4-11-19-13-6-5-10(8-22(13)20-11)18-14(15-3)16-7-12-17-9(2)23-21-12;/h10H,4-8H2,1-3H3,(H2,15,16,18);1H. The normalized spacial score (nSPS) is 17.1. The van der Waals surface area contributed by atoms with Crippen molar-refractivity contribution in [1.29, 1.82) is 0 Å². The summed E-state index contributed by atoms with van der Waals surface area (Å²) in [5.41, 5.74) is 0. The lowest BCUT2D eigenvalue weighted by molar-refractivity contribution is 0.385. The minimum atomic E-state index is 0. The summed E-state index contributed by atoms with van der Waals surface area (Å²) < 4.78 is 6.95. The number of guanidine groups is 1. The predicted molar refractivity (Wildman–Crippen MR) is 99.3 cm³/mol. The second-order valence-corrected chi connectivity index (χ2v) is 5.52. The van der Waals surface area contributed by atoms with Gasteiger partial charge in [0.1, 0.15) is 5.82 Å². The number of hydrogen-bond acceptors (Lipinski definition) is 6. The van der Waals surface area contributed by atoms with Crippen LogP contribution in [-0.2, 0) is 25.9 Å². The molecule has 132 valence electrons. The van der Waals surface area contributed by atoms with Crippen molar-refractivity contribution in [2.45, 2.75) is 52.2 Å². The monoisotopic (exact) mass is 446 g/mol. The van der Waals surface area contributed by atoms with Crippen molar-refractivity contribution in [2.24, 2.45) is 4.99 Å². The molecule has 1 atom stereocenters. The van der Waals surface area contributed by atoms with Crippen molar-refractivity contribution in [2.75, 3.05) is 7.05 Å².